The van der Waals surface area contributed by atoms with E-state index in [1.54, 1.807) is 14.1 Å². The Morgan fingerprint density at radius 3 is 2.40 bits per heavy atom. The number of benzene rings is 1. The molecule has 20 heavy (non-hydrogen) atoms. The van der Waals surface area contributed by atoms with Crippen LogP contribution in [0.3, 0.4) is 0 Å². The monoisotopic (exact) mass is 298 g/mol. The second-order valence-electron chi connectivity index (χ2n) is 5.84. The molecule has 1 aliphatic rings. The van der Waals surface area contributed by atoms with E-state index in [0.29, 0.717) is 13.2 Å². The molecular weight excluding hydrogens is 276 g/mol. The molecule has 1 fully saturated rings. The lowest BCUT2D eigenvalue weighted by atomic mass is 10.0. The molecule has 0 N–H and O–H groups in total. The van der Waals surface area contributed by atoms with Crippen LogP contribution in [0.15, 0.2) is 30.3 Å². The van der Waals surface area contributed by atoms with E-state index in [1.165, 1.54) is 8.61 Å². The molecule has 1 aromatic carbocycles. The van der Waals surface area contributed by atoms with E-state index in [9.17, 15) is 8.42 Å². The van der Waals surface area contributed by atoms with Gasteiger partial charge in [-0.1, -0.05) is 30.3 Å². The Balaban J connectivity index is 2.30. The fourth-order valence-electron chi connectivity index (χ4n) is 2.30. The molecule has 0 spiro atoms. The summed E-state index contributed by atoms with van der Waals surface area (Å²) in [7, 11) is -0.354. The predicted octanol–water partition coefficient (Wildman–Crippen LogP) is 1.64. The number of hydrogen-bond donors (Lipinski definition) is 0. The van der Waals surface area contributed by atoms with Crippen LogP contribution in [0, 0.1) is 0 Å². The predicted molar refractivity (Wildman–Crippen MR) is 78.5 cm³/mol. The Kier molecular flexibility index (Phi) is 4.20. The minimum Gasteiger partial charge on any atom is -0.370 e. The maximum atomic E-state index is 12.5. The summed E-state index contributed by atoms with van der Waals surface area (Å²) in [4.78, 5) is 0. The summed E-state index contributed by atoms with van der Waals surface area (Å²) in [6.07, 6.45) is -0.223. The van der Waals surface area contributed by atoms with Gasteiger partial charge < -0.3 is 4.74 Å². The number of morpholine rings is 1. The molecule has 0 aliphatic carbocycles. The molecule has 0 radical (unpaired) electrons. The zero-order valence-electron chi connectivity index (χ0n) is 12.4. The number of rotatable bonds is 3. The molecule has 6 heteroatoms. The van der Waals surface area contributed by atoms with Gasteiger partial charge in [0.2, 0.25) is 0 Å². The van der Waals surface area contributed by atoms with E-state index in [-0.39, 0.29) is 6.10 Å². The summed E-state index contributed by atoms with van der Waals surface area (Å²) in [6.45, 7) is 4.47. The first-order valence-electron chi connectivity index (χ1n) is 6.62. The quantitative estimate of drug-likeness (QED) is 0.852. The molecule has 0 aromatic heterocycles. The Hall–Kier alpha value is -0.950. The molecule has 1 unspecified atom stereocenters. The third kappa shape index (κ3) is 2.88. The first kappa shape index (κ1) is 15.4. The average molecular weight is 298 g/mol. The summed E-state index contributed by atoms with van der Waals surface area (Å²) < 4.78 is 33.6. The number of ether oxygens (including phenoxy) is 1. The average Bonchev–Trinajstić information content (AvgIpc) is 2.39. The van der Waals surface area contributed by atoms with E-state index in [1.807, 2.05) is 44.2 Å². The lowest BCUT2D eigenvalue weighted by Crippen LogP contribution is -2.58. The Labute approximate surface area is 121 Å². The molecule has 1 saturated heterocycles. The van der Waals surface area contributed by atoms with Crippen LogP contribution in [-0.2, 0) is 14.9 Å². The van der Waals surface area contributed by atoms with Gasteiger partial charge in [-0.25, -0.2) is 0 Å². The van der Waals surface area contributed by atoms with Gasteiger partial charge in [0.15, 0.2) is 0 Å². The zero-order valence-corrected chi connectivity index (χ0v) is 13.2. The van der Waals surface area contributed by atoms with Crippen molar-refractivity contribution in [2.24, 2.45) is 0 Å². The topological polar surface area (TPSA) is 49.9 Å². The summed E-state index contributed by atoms with van der Waals surface area (Å²) >= 11 is 0. The van der Waals surface area contributed by atoms with Crippen molar-refractivity contribution in [2.75, 3.05) is 27.2 Å². The van der Waals surface area contributed by atoms with Crippen molar-refractivity contribution in [3.8, 4) is 0 Å². The Bertz CT molecular complexity index is 555. The highest BCUT2D eigenvalue weighted by Gasteiger charge is 2.43. The van der Waals surface area contributed by atoms with Gasteiger partial charge in [0, 0.05) is 20.6 Å². The molecule has 0 saturated carbocycles. The van der Waals surface area contributed by atoms with E-state index < -0.39 is 15.7 Å². The van der Waals surface area contributed by atoms with Gasteiger partial charge in [-0.15, -0.1) is 0 Å². The highest BCUT2D eigenvalue weighted by Crippen LogP contribution is 2.32. The van der Waals surface area contributed by atoms with Crippen LogP contribution in [0.1, 0.15) is 25.5 Å². The number of hydrogen-bond acceptors (Lipinski definition) is 3. The standard InChI is InChI=1S/C14H22N2O3S/c1-14(2)11-19-13(12-8-6-5-7-9-12)10-16(14)20(17,18)15(3)4/h5-9,13H,10-11H2,1-4H3. The molecule has 0 bridgehead atoms. The maximum Gasteiger partial charge on any atom is 0.282 e. The van der Waals surface area contributed by atoms with Crippen LogP contribution in [-0.4, -0.2) is 49.8 Å². The minimum atomic E-state index is -3.46. The smallest absolute Gasteiger partial charge is 0.282 e. The van der Waals surface area contributed by atoms with Gasteiger partial charge in [-0.3, -0.25) is 0 Å². The largest absolute Gasteiger partial charge is 0.370 e. The lowest BCUT2D eigenvalue weighted by molar-refractivity contribution is -0.0670. The van der Waals surface area contributed by atoms with Crippen molar-refractivity contribution in [1.82, 2.24) is 8.61 Å². The number of nitrogens with zero attached hydrogens (tertiary/aromatic N) is 2. The fourth-order valence-corrected chi connectivity index (χ4v) is 3.70. The second kappa shape index (κ2) is 5.44. The molecule has 1 atom stereocenters. The van der Waals surface area contributed by atoms with Crippen molar-refractivity contribution < 1.29 is 13.2 Å². The fraction of sp³-hybridized carbons (Fsp3) is 0.571. The van der Waals surface area contributed by atoms with Crippen LogP contribution in [0.25, 0.3) is 0 Å². The summed E-state index contributed by atoms with van der Waals surface area (Å²) in [5.41, 5.74) is 0.455. The Morgan fingerprint density at radius 1 is 1.25 bits per heavy atom. The summed E-state index contributed by atoms with van der Waals surface area (Å²) in [5.74, 6) is 0. The highest BCUT2D eigenvalue weighted by molar-refractivity contribution is 7.86. The van der Waals surface area contributed by atoms with Crippen LogP contribution in [0.4, 0.5) is 0 Å². The second-order valence-corrected chi connectivity index (χ2v) is 7.91. The third-order valence-electron chi connectivity index (χ3n) is 3.56. The molecular formula is C14H22N2O3S. The van der Waals surface area contributed by atoms with E-state index in [4.69, 9.17) is 4.74 Å². The van der Waals surface area contributed by atoms with Gasteiger partial charge >= 0.3 is 0 Å². The first-order valence-corrected chi connectivity index (χ1v) is 8.02. The molecule has 5 nitrogen and oxygen atoms in total. The third-order valence-corrected chi connectivity index (χ3v) is 5.68. The van der Waals surface area contributed by atoms with E-state index in [0.717, 1.165) is 5.56 Å². The lowest BCUT2D eigenvalue weighted by Gasteiger charge is -2.45. The van der Waals surface area contributed by atoms with Gasteiger partial charge in [-0.05, 0) is 19.4 Å². The summed E-state index contributed by atoms with van der Waals surface area (Å²) in [6, 6.07) is 9.73. The van der Waals surface area contributed by atoms with E-state index in [2.05, 4.69) is 0 Å². The minimum absolute atomic E-state index is 0.223. The van der Waals surface area contributed by atoms with E-state index >= 15 is 0 Å². The SMILES string of the molecule is CN(C)S(=O)(=O)N1CC(c2ccccc2)OCC1(C)C. The van der Waals surface area contributed by atoms with Crippen LogP contribution in [0.2, 0.25) is 0 Å². The molecule has 2 rings (SSSR count). The van der Waals surface area contributed by atoms with Crippen molar-refractivity contribution >= 4 is 10.2 Å². The molecule has 112 valence electrons. The van der Waals surface area contributed by atoms with Crippen LogP contribution in [0.5, 0.6) is 0 Å². The van der Waals surface area contributed by atoms with Crippen LogP contribution >= 0.6 is 0 Å². The molecule has 1 aliphatic heterocycles. The van der Waals surface area contributed by atoms with Crippen molar-refractivity contribution in [3.05, 3.63) is 35.9 Å². The normalized spacial score (nSPS) is 23.9. The van der Waals surface area contributed by atoms with Crippen LogP contribution < -0.4 is 0 Å². The summed E-state index contributed by atoms with van der Waals surface area (Å²) in [5, 5.41) is 0. The van der Waals surface area contributed by atoms with Crippen molar-refractivity contribution in [2.45, 2.75) is 25.5 Å². The molecule has 0 amide bonds. The van der Waals surface area contributed by atoms with Crippen molar-refractivity contribution in [3.63, 3.8) is 0 Å². The van der Waals surface area contributed by atoms with Gasteiger partial charge in [-0.2, -0.15) is 17.0 Å². The Morgan fingerprint density at radius 2 is 1.85 bits per heavy atom. The van der Waals surface area contributed by atoms with Gasteiger partial charge in [0.05, 0.1) is 18.2 Å². The molecule has 1 aromatic rings. The highest BCUT2D eigenvalue weighted by atomic mass is 32.2. The zero-order chi connectivity index (χ0) is 15.0. The van der Waals surface area contributed by atoms with Gasteiger partial charge in [0.1, 0.15) is 0 Å². The van der Waals surface area contributed by atoms with Gasteiger partial charge in [0.25, 0.3) is 10.2 Å². The maximum absolute atomic E-state index is 12.5. The van der Waals surface area contributed by atoms with Crippen molar-refractivity contribution in [1.29, 1.82) is 0 Å². The first-order chi connectivity index (χ1) is 9.25. The molecule has 1 heterocycles.